The Morgan fingerprint density at radius 3 is 1.94 bits per heavy atom. The van der Waals surface area contributed by atoms with E-state index in [-0.39, 0.29) is 17.2 Å². The van der Waals surface area contributed by atoms with Crippen LogP contribution in [-0.2, 0) is 0 Å². The Morgan fingerprint density at radius 2 is 1.44 bits per heavy atom. The predicted octanol–water partition coefficient (Wildman–Crippen LogP) is 2.59. The van der Waals surface area contributed by atoms with Gasteiger partial charge < -0.3 is 10.2 Å². The maximum Gasteiger partial charge on any atom is 0.169 e. The molecule has 0 fully saturated rings. The Kier molecular flexibility index (Phi) is 2.45. The zero-order valence-corrected chi connectivity index (χ0v) is 10.7. The molecule has 0 aliphatic heterocycles. The quantitative estimate of drug-likeness (QED) is 0.725. The van der Waals surface area contributed by atoms with Gasteiger partial charge in [0.25, 0.3) is 0 Å². The van der Waals surface area contributed by atoms with E-state index < -0.39 is 0 Å². The van der Waals surface area contributed by atoms with Gasteiger partial charge in [-0.3, -0.25) is 0 Å². The van der Waals surface area contributed by atoms with Crippen LogP contribution in [0.2, 0.25) is 0 Å². The van der Waals surface area contributed by atoms with Crippen molar-refractivity contribution in [3.05, 3.63) is 40.9 Å². The highest BCUT2D eigenvalue weighted by atomic mass is 79.9. The first-order chi connectivity index (χ1) is 8.65. The average molecular weight is 306 g/mol. The topological polar surface area (TPSA) is 71.2 Å². The van der Waals surface area contributed by atoms with Crippen LogP contribution in [0.5, 0.6) is 11.5 Å². The van der Waals surface area contributed by atoms with E-state index in [0.717, 1.165) is 0 Å². The third-order valence-electron chi connectivity index (χ3n) is 2.52. The molecule has 0 saturated heterocycles. The highest BCUT2D eigenvalue weighted by Gasteiger charge is 2.14. The van der Waals surface area contributed by atoms with Crippen molar-refractivity contribution >= 4 is 27.0 Å². The molecule has 2 N–H and O–H groups in total. The number of nitrogens with zero attached hydrogens (tertiary/aromatic N) is 3. The fourth-order valence-corrected chi connectivity index (χ4v) is 2.17. The molecule has 5 nitrogen and oxygen atoms in total. The van der Waals surface area contributed by atoms with E-state index in [1.807, 2.05) is 24.3 Å². The minimum Gasteiger partial charge on any atom is -0.505 e. The first-order valence-corrected chi connectivity index (χ1v) is 5.98. The molecule has 0 spiro atoms. The summed E-state index contributed by atoms with van der Waals surface area (Å²) < 4.78 is 0.581. The van der Waals surface area contributed by atoms with E-state index in [9.17, 15) is 10.2 Å². The minimum atomic E-state index is -0.0952. The maximum absolute atomic E-state index is 9.86. The number of aromatic hydroxyl groups is 2. The fraction of sp³-hybridized carbons (Fsp3) is 0. The van der Waals surface area contributed by atoms with Crippen molar-refractivity contribution in [3.63, 3.8) is 0 Å². The van der Waals surface area contributed by atoms with Gasteiger partial charge >= 0.3 is 0 Å². The van der Waals surface area contributed by atoms with Crippen molar-refractivity contribution in [1.29, 1.82) is 0 Å². The maximum atomic E-state index is 9.86. The van der Waals surface area contributed by atoms with Gasteiger partial charge in [0.05, 0.1) is 0 Å². The molecule has 18 heavy (non-hydrogen) atoms. The van der Waals surface area contributed by atoms with Crippen molar-refractivity contribution in [2.45, 2.75) is 0 Å². The smallest absolute Gasteiger partial charge is 0.169 e. The van der Waals surface area contributed by atoms with Crippen LogP contribution >= 0.6 is 15.9 Å². The zero-order chi connectivity index (χ0) is 12.7. The highest BCUT2D eigenvalue weighted by Crippen LogP contribution is 2.34. The van der Waals surface area contributed by atoms with Gasteiger partial charge in [0.15, 0.2) is 5.69 Å². The first kappa shape index (κ1) is 11.0. The largest absolute Gasteiger partial charge is 0.505 e. The number of fused-ring (bicyclic) bond motifs is 1. The first-order valence-electron chi connectivity index (χ1n) is 5.19. The van der Waals surface area contributed by atoms with Crippen molar-refractivity contribution < 1.29 is 10.2 Å². The number of rotatable bonds is 1. The van der Waals surface area contributed by atoms with E-state index in [4.69, 9.17) is 0 Å². The normalized spacial score (nSPS) is 10.9. The third kappa shape index (κ3) is 1.70. The van der Waals surface area contributed by atoms with Crippen molar-refractivity contribution in [3.8, 4) is 17.2 Å². The number of hydrogen-bond acceptors (Lipinski definition) is 4. The summed E-state index contributed by atoms with van der Waals surface area (Å²) in [6.45, 7) is 0. The van der Waals surface area contributed by atoms with E-state index in [0.29, 0.717) is 15.5 Å². The van der Waals surface area contributed by atoms with Gasteiger partial charge in [-0.25, -0.2) is 0 Å². The number of benzene rings is 2. The number of phenols is 2. The van der Waals surface area contributed by atoms with Gasteiger partial charge in [-0.1, -0.05) is 28.1 Å². The van der Waals surface area contributed by atoms with Crippen molar-refractivity contribution in [2.75, 3.05) is 0 Å². The Hall–Kier alpha value is -2.08. The lowest BCUT2D eigenvalue weighted by molar-refractivity contribution is 0.438. The molecule has 0 radical (unpaired) electrons. The molecule has 2 aromatic carbocycles. The molecule has 0 aliphatic carbocycles. The summed E-state index contributed by atoms with van der Waals surface area (Å²) in [4.78, 5) is 1.22. The molecule has 90 valence electrons. The summed E-state index contributed by atoms with van der Waals surface area (Å²) in [7, 11) is 0. The van der Waals surface area contributed by atoms with E-state index in [1.165, 1.54) is 16.9 Å². The van der Waals surface area contributed by atoms with Gasteiger partial charge in [-0.15, -0.1) is 15.0 Å². The lowest BCUT2D eigenvalue weighted by Gasteiger charge is -2.05. The van der Waals surface area contributed by atoms with Gasteiger partial charge in [0.2, 0.25) is 0 Å². The van der Waals surface area contributed by atoms with Crippen LogP contribution in [0.3, 0.4) is 0 Å². The second-order valence-electron chi connectivity index (χ2n) is 3.77. The van der Waals surface area contributed by atoms with Crippen LogP contribution in [0, 0.1) is 0 Å². The van der Waals surface area contributed by atoms with Crippen LogP contribution in [0.4, 0.5) is 0 Å². The Labute approximate surface area is 110 Å². The van der Waals surface area contributed by atoms with E-state index >= 15 is 0 Å². The van der Waals surface area contributed by atoms with Gasteiger partial charge in [0, 0.05) is 4.47 Å². The molecular formula is C12H8BrN3O2. The lowest BCUT2D eigenvalue weighted by Crippen LogP contribution is -1.99. The SMILES string of the molecule is Oc1cc(Br)cc(O)c1-n1nc2ccccc2n1. The van der Waals surface area contributed by atoms with Gasteiger partial charge in [-0.2, -0.15) is 0 Å². The van der Waals surface area contributed by atoms with Crippen LogP contribution in [0.1, 0.15) is 0 Å². The molecule has 3 rings (SSSR count). The molecule has 0 amide bonds. The summed E-state index contributed by atoms with van der Waals surface area (Å²) in [6.07, 6.45) is 0. The monoisotopic (exact) mass is 305 g/mol. The molecule has 1 heterocycles. The van der Waals surface area contributed by atoms with Crippen LogP contribution < -0.4 is 0 Å². The summed E-state index contributed by atoms with van der Waals surface area (Å²) in [5.74, 6) is -0.190. The summed E-state index contributed by atoms with van der Waals surface area (Å²) in [5, 5.41) is 28.1. The minimum absolute atomic E-state index is 0.0952. The number of halogens is 1. The highest BCUT2D eigenvalue weighted by molar-refractivity contribution is 9.10. The zero-order valence-electron chi connectivity index (χ0n) is 9.08. The number of aromatic nitrogens is 3. The predicted molar refractivity (Wildman–Crippen MR) is 69.9 cm³/mol. The number of hydrogen-bond donors (Lipinski definition) is 2. The Bertz CT molecular complexity index is 683. The van der Waals surface area contributed by atoms with E-state index in [1.54, 1.807) is 0 Å². The van der Waals surface area contributed by atoms with Gasteiger partial charge in [0.1, 0.15) is 22.5 Å². The van der Waals surface area contributed by atoms with Crippen LogP contribution in [0.15, 0.2) is 40.9 Å². The Balaban J connectivity index is 2.26. The van der Waals surface area contributed by atoms with Crippen LogP contribution in [-0.4, -0.2) is 25.2 Å². The van der Waals surface area contributed by atoms with Gasteiger partial charge in [-0.05, 0) is 24.3 Å². The van der Waals surface area contributed by atoms with E-state index in [2.05, 4.69) is 26.1 Å². The molecule has 0 unspecified atom stereocenters. The fourth-order valence-electron chi connectivity index (χ4n) is 1.74. The summed E-state index contributed by atoms with van der Waals surface area (Å²) in [5.41, 5.74) is 1.55. The molecule has 6 heteroatoms. The molecule has 0 aliphatic rings. The second kappa shape index (κ2) is 3.99. The third-order valence-corrected chi connectivity index (χ3v) is 2.98. The van der Waals surface area contributed by atoms with Crippen molar-refractivity contribution in [2.24, 2.45) is 0 Å². The number of phenolic OH excluding ortho intramolecular Hbond substituents is 2. The molecule has 0 saturated carbocycles. The van der Waals surface area contributed by atoms with Crippen LogP contribution in [0.25, 0.3) is 16.7 Å². The molecule has 1 aromatic heterocycles. The summed E-state index contributed by atoms with van der Waals surface area (Å²) >= 11 is 3.18. The lowest BCUT2D eigenvalue weighted by atomic mass is 10.3. The molecule has 3 aromatic rings. The Morgan fingerprint density at radius 1 is 0.944 bits per heavy atom. The standard InChI is InChI=1S/C12H8BrN3O2/c13-7-5-10(17)12(11(18)6-7)16-14-8-3-1-2-4-9(8)15-16/h1-6,17-18H. The molecule has 0 atom stereocenters. The van der Waals surface area contributed by atoms with Crippen molar-refractivity contribution in [1.82, 2.24) is 15.0 Å². The second-order valence-corrected chi connectivity index (χ2v) is 4.69. The summed E-state index contributed by atoms with van der Waals surface area (Å²) in [6, 6.07) is 10.3. The average Bonchev–Trinajstić information content (AvgIpc) is 2.70. The molecule has 0 bridgehead atoms. The molecular weight excluding hydrogens is 298 g/mol.